The summed E-state index contributed by atoms with van der Waals surface area (Å²) in [5.41, 5.74) is -1.69. The van der Waals surface area contributed by atoms with Crippen molar-refractivity contribution in [1.29, 1.82) is 0 Å². The number of hydrogen-bond acceptors (Lipinski definition) is 8. The van der Waals surface area contributed by atoms with Crippen molar-refractivity contribution >= 4 is 18.0 Å². The minimum Gasteiger partial charge on any atom is -0.469 e. The fourth-order valence-corrected chi connectivity index (χ4v) is 6.61. The highest BCUT2D eigenvalue weighted by atomic mass is 19.4. The Morgan fingerprint density at radius 3 is 1.92 bits per heavy atom. The first-order valence-corrected chi connectivity index (χ1v) is 16.0. The van der Waals surface area contributed by atoms with Crippen LogP contribution in [-0.4, -0.2) is 68.1 Å². The van der Waals surface area contributed by atoms with E-state index in [1.165, 1.54) is 19.5 Å². The molecule has 3 aromatic rings. The topological polar surface area (TPSA) is 103 Å². The van der Waals surface area contributed by atoms with E-state index < -0.39 is 41.7 Å². The number of piperidine rings is 1. The van der Waals surface area contributed by atoms with Gasteiger partial charge in [-0.1, -0.05) is 13.8 Å². The standard InChI is InChI=1S/C33H38F6N6O4/c1-5-25-12-27(13-26(6-2)45(25)31(47)49-28-9-20(10-28)29(46)48-4)44(30-40-14-21(15-41-30)22-16-42-43(3)18-22)17-19-7-23(32(34,35)36)11-24(8-19)33(37,38)39/h7-8,11,14-16,18,20,25-28H,5-6,9-10,12-13,17H2,1-4H3/t20?,25-,26+,27?,28?. The van der Waals surface area contributed by atoms with Gasteiger partial charge in [0.15, 0.2) is 0 Å². The van der Waals surface area contributed by atoms with Crippen LogP contribution in [0.15, 0.2) is 43.0 Å². The Hall–Kier alpha value is -4.37. The van der Waals surface area contributed by atoms with Gasteiger partial charge in [0, 0.05) is 61.4 Å². The highest BCUT2D eigenvalue weighted by molar-refractivity contribution is 5.74. The van der Waals surface area contributed by atoms with E-state index in [2.05, 4.69) is 15.1 Å². The van der Waals surface area contributed by atoms with Gasteiger partial charge in [0.2, 0.25) is 5.95 Å². The van der Waals surface area contributed by atoms with Crippen LogP contribution < -0.4 is 4.90 Å². The van der Waals surface area contributed by atoms with Crippen molar-refractivity contribution in [2.75, 3.05) is 12.0 Å². The van der Waals surface area contributed by atoms with Crippen LogP contribution in [0.4, 0.5) is 37.1 Å². The van der Waals surface area contributed by atoms with Crippen molar-refractivity contribution in [1.82, 2.24) is 24.6 Å². The number of benzene rings is 1. The summed E-state index contributed by atoms with van der Waals surface area (Å²) in [7, 11) is 3.04. The van der Waals surface area contributed by atoms with Crippen molar-refractivity contribution in [2.24, 2.45) is 13.0 Å². The van der Waals surface area contributed by atoms with Crippen LogP contribution in [-0.2, 0) is 40.2 Å². The lowest BCUT2D eigenvalue weighted by molar-refractivity contribution is -0.153. The molecule has 16 heteroatoms. The number of rotatable bonds is 9. The Morgan fingerprint density at radius 2 is 1.45 bits per heavy atom. The maximum Gasteiger partial charge on any atom is 0.416 e. The van der Waals surface area contributed by atoms with Gasteiger partial charge in [-0.05, 0) is 62.3 Å². The number of halogens is 6. The molecule has 1 saturated heterocycles. The minimum absolute atomic E-state index is 0.104. The molecule has 1 saturated carbocycles. The zero-order valence-corrected chi connectivity index (χ0v) is 27.5. The number of aromatic nitrogens is 4. The molecule has 3 atom stereocenters. The molecule has 0 bridgehead atoms. The zero-order valence-electron chi connectivity index (χ0n) is 27.5. The highest BCUT2D eigenvalue weighted by Crippen LogP contribution is 2.39. The average molecular weight is 697 g/mol. The molecule has 1 amide bonds. The van der Waals surface area contributed by atoms with E-state index in [0.717, 1.165) is 5.56 Å². The maximum atomic E-state index is 13.8. The molecule has 1 aliphatic carbocycles. The van der Waals surface area contributed by atoms with Crippen LogP contribution in [0.25, 0.3) is 11.1 Å². The maximum absolute atomic E-state index is 13.8. The number of esters is 1. The molecule has 2 aromatic heterocycles. The summed E-state index contributed by atoms with van der Waals surface area (Å²) < 4.78 is 94.8. The molecule has 1 aromatic carbocycles. The minimum atomic E-state index is -5.01. The molecule has 0 radical (unpaired) electrons. The number of likely N-dealkylation sites (tertiary alicyclic amines) is 1. The van der Waals surface area contributed by atoms with Crippen molar-refractivity contribution in [3.8, 4) is 11.1 Å². The van der Waals surface area contributed by atoms with Gasteiger partial charge in [-0.3, -0.25) is 9.48 Å². The summed E-state index contributed by atoms with van der Waals surface area (Å²) in [6.07, 6.45) is -2.15. The number of carbonyl (C=O) groups is 2. The molecular weight excluding hydrogens is 658 g/mol. The van der Waals surface area contributed by atoms with E-state index >= 15 is 0 Å². The van der Waals surface area contributed by atoms with Crippen LogP contribution in [0.3, 0.4) is 0 Å². The molecule has 266 valence electrons. The van der Waals surface area contributed by atoms with E-state index in [9.17, 15) is 35.9 Å². The van der Waals surface area contributed by atoms with Gasteiger partial charge < -0.3 is 19.3 Å². The molecule has 2 fully saturated rings. The Labute approximate surface area is 279 Å². The monoisotopic (exact) mass is 696 g/mol. The van der Waals surface area contributed by atoms with Crippen LogP contribution >= 0.6 is 0 Å². The number of alkyl halides is 6. The quantitative estimate of drug-likeness (QED) is 0.174. The lowest BCUT2D eigenvalue weighted by Gasteiger charge is -2.48. The molecule has 0 N–H and O–H groups in total. The first kappa shape index (κ1) is 35.9. The second-order valence-electron chi connectivity index (χ2n) is 12.6. The number of aryl methyl sites for hydroxylation is 1. The Kier molecular flexibility index (Phi) is 10.4. The summed E-state index contributed by atoms with van der Waals surface area (Å²) in [5, 5.41) is 4.14. The Morgan fingerprint density at radius 1 is 0.878 bits per heavy atom. The van der Waals surface area contributed by atoms with E-state index in [0.29, 0.717) is 56.2 Å². The first-order chi connectivity index (χ1) is 23.1. The Balaban J connectivity index is 1.46. The molecule has 2 aliphatic rings. The van der Waals surface area contributed by atoms with Crippen molar-refractivity contribution in [3.05, 3.63) is 59.7 Å². The number of methoxy groups -OCH3 is 1. The molecule has 1 unspecified atom stereocenters. The van der Waals surface area contributed by atoms with E-state index in [-0.39, 0.29) is 48.1 Å². The number of ether oxygens (including phenoxy) is 2. The smallest absolute Gasteiger partial charge is 0.416 e. The van der Waals surface area contributed by atoms with Crippen molar-refractivity contribution in [2.45, 2.75) is 95.5 Å². The largest absolute Gasteiger partial charge is 0.469 e. The van der Waals surface area contributed by atoms with Crippen molar-refractivity contribution in [3.63, 3.8) is 0 Å². The van der Waals surface area contributed by atoms with Crippen LogP contribution in [0.5, 0.6) is 0 Å². The fraction of sp³-hybridized carbons (Fsp3) is 0.545. The number of hydrogen-bond donors (Lipinski definition) is 0. The molecule has 49 heavy (non-hydrogen) atoms. The zero-order chi connectivity index (χ0) is 35.7. The first-order valence-electron chi connectivity index (χ1n) is 16.0. The van der Waals surface area contributed by atoms with E-state index in [1.54, 1.807) is 33.9 Å². The van der Waals surface area contributed by atoms with Gasteiger partial charge in [0.05, 0.1) is 30.4 Å². The van der Waals surface area contributed by atoms with E-state index in [4.69, 9.17) is 9.47 Å². The summed E-state index contributed by atoms with van der Waals surface area (Å²) in [6, 6.07) is 0.349. The third-order valence-electron chi connectivity index (χ3n) is 9.30. The molecule has 3 heterocycles. The average Bonchev–Trinajstić information content (AvgIpc) is 3.49. The summed E-state index contributed by atoms with van der Waals surface area (Å²) >= 11 is 0. The van der Waals surface area contributed by atoms with Gasteiger partial charge in [-0.2, -0.15) is 31.4 Å². The number of carbonyl (C=O) groups excluding carboxylic acids is 2. The van der Waals surface area contributed by atoms with Gasteiger partial charge in [0.1, 0.15) is 6.10 Å². The Bertz CT molecular complexity index is 1580. The van der Waals surface area contributed by atoms with Crippen molar-refractivity contribution < 1.29 is 45.4 Å². The number of anilines is 1. The summed E-state index contributed by atoms with van der Waals surface area (Å²) in [4.78, 5) is 37.6. The molecule has 5 rings (SSSR count). The lowest BCUT2D eigenvalue weighted by atomic mass is 9.82. The SMILES string of the molecule is CC[C@@H]1CC(N(Cc2cc(C(F)(F)F)cc(C(F)(F)F)c2)c2ncc(-c3cnn(C)c3)cn2)C[C@H](CC)N1C(=O)OC1CC(C(=O)OC)C1. The van der Waals surface area contributed by atoms with Gasteiger partial charge in [0.25, 0.3) is 0 Å². The molecular formula is C33H38F6N6O4. The number of nitrogens with zero attached hydrogens (tertiary/aromatic N) is 6. The van der Waals surface area contributed by atoms with Crippen LogP contribution in [0, 0.1) is 5.92 Å². The van der Waals surface area contributed by atoms with E-state index in [1.807, 2.05) is 13.8 Å². The predicted molar refractivity (Wildman–Crippen MR) is 165 cm³/mol. The summed E-state index contributed by atoms with van der Waals surface area (Å²) in [5.74, 6) is -0.568. The van der Waals surface area contributed by atoms with Crippen LogP contribution in [0.1, 0.15) is 69.1 Å². The van der Waals surface area contributed by atoms with Gasteiger partial charge in [-0.15, -0.1) is 0 Å². The third-order valence-corrected chi connectivity index (χ3v) is 9.30. The predicted octanol–water partition coefficient (Wildman–Crippen LogP) is 7.03. The second kappa shape index (κ2) is 14.2. The number of amides is 1. The van der Waals surface area contributed by atoms with Crippen LogP contribution in [0.2, 0.25) is 0 Å². The van der Waals surface area contributed by atoms with Gasteiger partial charge in [-0.25, -0.2) is 14.8 Å². The summed E-state index contributed by atoms with van der Waals surface area (Å²) in [6.45, 7) is 3.43. The second-order valence-corrected chi connectivity index (χ2v) is 12.6. The highest BCUT2D eigenvalue weighted by Gasteiger charge is 2.44. The lowest BCUT2D eigenvalue weighted by Crippen LogP contribution is -2.57. The molecule has 10 nitrogen and oxygen atoms in total. The molecule has 1 aliphatic heterocycles. The molecule has 0 spiro atoms. The third kappa shape index (κ3) is 8.10. The fourth-order valence-electron chi connectivity index (χ4n) is 6.61. The normalized spacial score (nSPS) is 22.7. The van der Waals surface area contributed by atoms with Gasteiger partial charge >= 0.3 is 24.4 Å².